The first-order valence-corrected chi connectivity index (χ1v) is 23.8. The number of nitrogens with zero attached hydrogens (tertiary/aromatic N) is 3. The molecule has 0 spiro atoms. The summed E-state index contributed by atoms with van der Waals surface area (Å²) in [7, 11) is 0. The second kappa shape index (κ2) is 22.0. The van der Waals surface area contributed by atoms with Crippen molar-refractivity contribution in [2.24, 2.45) is 17.8 Å². The number of hydrogen-bond acceptors (Lipinski definition) is 9. The van der Waals surface area contributed by atoms with Crippen LogP contribution in [0.25, 0.3) is 22.5 Å². The number of aromatic nitrogens is 3. The summed E-state index contributed by atoms with van der Waals surface area (Å²) >= 11 is 0. The summed E-state index contributed by atoms with van der Waals surface area (Å²) in [4.78, 5) is 70.9. The Balaban J connectivity index is 1.09. The first-order chi connectivity index (χ1) is 31.7. The van der Waals surface area contributed by atoms with Crippen molar-refractivity contribution in [1.29, 1.82) is 0 Å². The molecule has 1 saturated heterocycles. The predicted octanol–water partition coefficient (Wildman–Crippen LogP) is 8.77. The van der Waals surface area contributed by atoms with Gasteiger partial charge in [-0.3, -0.25) is 14.4 Å². The fraction of sp³-hybridized carbons (Fsp3) is 0.519. The van der Waals surface area contributed by atoms with Gasteiger partial charge in [-0.05, 0) is 157 Å². The first kappa shape index (κ1) is 50.2. The topological polar surface area (TPSA) is 197 Å². The molecule has 0 radical (unpaired) electrons. The normalized spacial score (nSPS) is 17.3. The number of amides is 5. The van der Waals surface area contributed by atoms with Crippen LogP contribution < -0.4 is 21.3 Å². The zero-order chi connectivity index (χ0) is 48.5. The molecule has 1 aliphatic carbocycles. The number of carbonyl (C=O) groups is 5. The van der Waals surface area contributed by atoms with Crippen LogP contribution in [0.2, 0.25) is 0 Å². The number of aromatic amines is 1. The molecule has 360 valence electrons. The number of rotatable bonds is 14. The van der Waals surface area contributed by atoms with Crippen LogP contribution in [0.5, 0.6) is 0 Å². The summed E-state index contributed by atoms with van der Waals surface area (Å²) in [6.07, 6.45) is 4.40. The van der Waals surface area contributed by atoms with Gasteiger partial charge in [0.25, 0.3) is 5.91 Å². The highest BCUT2D eigenvalue weighted by Crippen LogP contribution is 2.30. The van der Waals surface area contributed by atoms with Crippen molar-refractivity contribution in [3.8, 4) is 22.5 Å². The third-order valence-electron chi connectivity index (χ3n) is 12.0. The maximum absolute atomic E-state index is 14.1. The van der Waals surface area contributed by atoms with Crippen LogP contribution in [0, 0.1) is 24.7 Å². The Morgan fingerprint density at radius 2 is 1.42 bits per heavy atom. The van der Waals surface area contributed by atoms with Crippen LogP contribution in [0.15, 0.2) is 66.7 Å². The smallest absolute Gasteiger partial charge is 0.410 e. The lowest BCUT2D eigenvalue weighted by atomic mass is 9.81. The van der Waals surface area contributed by atoms with E-state index >= 15 is 0 Å². The second-order valence-corrected chi connectivity index (χ2v) is 20.6. The fourth-order valence-corrected chi connectivity index (χ4v) is 8.50. The molecule has 6 rings (SSSR count). The van der Waals surface area contributed by atoms with E-state index in [1.165, 1.54) is 0 Å². The van der Waals surface area contributed by atoms with Gasteiger partial charge in [0.1, 0.15) is 23.1 Å². The van der Waals surface area contributed by atoms with Crippen LogP contribution in [0.1, 0.15) is 121 Å². The molecule has 1 atom stereocenters. The van der Waals surface area contributed by atoms with Gasteiger partial charge >= 0.3 is 12.2 Å². The molecular weight excluding hydrogens is 849 g/mol. The highest BCUT2D eigenvalue weighted by molar-refractivity contribution is 5.98. The monoisotopic (exact) mass is 919 g/mol. The highest BCUT2D eigenvalue weighted by Gasteiger charge is 2.31. The standard InChI is InChI=1S/C52H70N8O7/c1-32(2)28-44-57-45(59-58-44)37-18-21-40(22-19-37)55-48(63)43(56-46(61)38-16-12-35(13-17-38)31-53-49(64)66-51(4,5)6)30-34-10-14-36(15-11-34)42-23-20-39(29-33(42)3)47(62)54-41-24-26-60(27-25-41)50(65)67-52(7,8)9/h10-11,14-15,18-23,29,32,35,38,41,43H,12-13,16-17,24-28,30-31H2,1-9H3,(H,53,64)(H,54,62)(H,55,63)(H,56,61)(H,57,58,59)/t35-,38-,43-/m0/s1. The molecule has 0 unspecified atom stereocenters. The molecule has 0 bridgehead atoms. The third-order valence-corrected chi connectivity index (χ3v) is 12.0. The van der Waals surface area contributed by atoms with E-state index in [-0.39, 0.29) is 48.1 Å². The Kier molecular flexibility index (Phi) is 16.5. The van der Waals surface area contributed by atoms with Crippen LogP contribution in [-0.4, -0.2) is 92.9 Å². The zero-order valence-corrected chi connectivity index (χ0v) is 40.7. The summed E-state index contributed by atoms with van der Waals surface area (Å²) < 4.78 is 10.9. The van der Waals surface area contributed by atoms with Gasteiger partial charge in [-0.15, -0.1) is 10.2 Å². The average Bonchev–Trinajstić information content (AvgIpc) is 3.73. The maximum atomic E-state index is 14.1. The largest absolute Gasteiger partial charge is 0.444 e. The summed E-state index contributed by atoms with van der Waals surface area (Å²) in [5.41, 5.74) is 4.57. The van der Waals surface area contributed by atoms with Crippen LogP contribution in [0.4, 0.5) is 15.3 Å². The number of alkyl carbamates (subject to hydrolysis) is 1. The minimum absolute atomic E-state index is 0.0435. The van der Waals surface area contributed by atoms with Crippen molar-refractivity contribution in [2.45, 2.75) is 137 Å². The molecule has 5 N–H and O–H groups in total. The van der Waals surface area contributed by atoms with Crippen molar-refractivity contribution in [3.63, 3.8) is 0 Å². The lowest BCUT2D eigenvalue weighted by molar-refractivity contribution is -0.130. The summed E-state index contributed by atoms with van der Waals surface area (Å²) in [5.74, 6) is 1.22. The van der Waals surface area contributed by atoms with Gasteiger partial charge in [-0.2, -0.15) is 0 Å². The highest BCUT2D eigenvalue weighted by atomic mass is 16.6. The Bertz CT molecular complexity index is 2330. The Hall–Kier alpha value is -6.25. The first-order valence-electron chi connectivity index (χ1n) is 23.8. The fourth-order valence-electron chi connectivity index (χ4n) is 8.50. The molecular formula is C52H70N8O7. The number of likely N-dealkylation sites (tertiary alicyclic amines) is 1. The molecule has 3 aromatic carbocycles. The summed E-state index contributed by atoms with van der Waals surface area (Å²) in [6.45, 7) is 18.8. The lowest BCUT2D eigenvalue weighted by Gasteiger charge is -2.33. The van der Waals surface area contributed by atoms with Gasteiger partial charge in [0.15, 0.2) is 5.82 Å². The van der Waals surface area contributed by atoms with E-state index in [0.717, 1.165) is 52.9 Å². The zero-order valence-electron chi connectivity index (χ0n) is 40.7. The number of benzene rings is 3. The van der Waals surface area contributed by atoms with Gasteiger partial charge in [0.2, 0.25) is 11.8 Å². The molecule has 2 heterocycles. The Morgan fingerprint density at radius 3 is 2.03 bits per heavy atom. The minimum Gasteiger partial charge on any atom is -0.444 e. The molecule has 1 aromatic heterocycles. The molecule has 2 aliphatic rings. The average molecular weight is 919 g/mol. The lowest BCUT2D eigenvalue weighted by Crippen LogP contribution is -2.48. The van der Waals surface area contributed by atoms with Crippen molar-refractivity contribution in [2.75, 3.05) is 25.0 Å². The number of aryl methyl sites for hydroxylation is 1. The quantitative estimate of drug-likeness (QED) is 0.0821. The van der Waals surface area contributed by atoms with Crippen LogP contribution >= 0.6 is 0 Å². The van der Waals surface area contributed by atoms with Crippen molar-refractivity contribution < 1.29 is 33.4 Å². The Labute approximate surface area is 395 Å². The minimum atomic E-state index is -0.860. The number of ether oxygens (including phenoxy) is 2. The SMILES string of the molecule is Cc1cc(C(=O)NC2CCN(C(=O)OC(C)(C)C)CC2)ccc1-c1ccc(C[C@H](NC(=O)[C@H]2CC[C@H](CNC(=O)OC(C)(C)C)CC2)C(=O)Nc2ccc(-c3nnc(CC(C)C)[nH]3)cc2)cc1. The number of piperidine rings is 1. The van der Waals surface area contributed by atoms with Gasteiger partial charge in [0.05, 0.1) is 0 Å². The van der Waals surface area contributed by atoms with Crippen molar-refractivity contribution >= 4 is 35.6 Å². The van der Waals surface area contributed by atoms with Gasteiger partial charge in [0, 0.05) is 61.2 Å². The van der Waals surface area contributed by atoms with Gasteiger partial charge in [-0.1, -0.05) is 44.2 Å². The molecule has 67 heavy (non-hydrogen) atoms. The van der Waals surface area contributed by atoms with Crippen LogP contribution in [-0.2, 0) is 31.9 Å². The molecule has 15 nitrogen and oxygen atoms in total. The van der Waals surface area contributed by atoms with E-state index in [0.29, 0.717) is 68.3 Å². The predicted molar refractivity (Wildman–Crippen MR) is 259 cm³/mol. The molecule has 1 aliphatic heterocycles. The van der Waals surface area contributed by atoms with Crippen LogP contribution in [0.3, 0.4) is 0 Å². The summed E-state index contributed by atoms with van der Waals surface area (Å²) in [5, 5.41) is 20.7. The van der Waals surface area contributed by atoms with E-state index in [1.807, 2.05) is 115 Å². The molecule has 4 aromatic rings. The van der Waals surface area contributed by atoms with E-state index in [1.54, 1.807) is 4.90 Å². The third kappa shape index (κ3) is 15.1. The van der Waals surface area contributed by atoms with Gasteiger partial charge in [-0.25, -0.2) is 9.59 Å². The number of anilines is 1. The number of H-pyrrole nitrogens is 1. The molecule has 5 amide bonds. The molecule has 1 saturated carbocycles. The second-order valence-electron chi connectivity index (χ2n) is 20.6. The molecule has 15 heteroatoms. The molecule has 2 fully saturated rings. The number of carbonyl (C=O) groups excluding carboxylic acids is 5. The van der Waals surface area contributed by atoms with Crippen molar-refractivity contribution in [3.05, 3.63) is 89.2 Å². The van der Waals surface area contributed by atoms with E-state index in [4.69, 9.17) is 9.47 Å². The van der Waals surface area contributed by atoms with E-state index < -0.39 is 23.3 Å². The van der Waals surface area contributed by atoms with E-state index in [2.05, 4.69) is 50.3 Å². The summed E-state index contributed by atoms with van der Waals surface area (Å²) in [6, 6.07) is 20.0. The maximum Gasteiger partial charge on any atom is 0.410 e. The van der Waals surface area contributed by atoms with E-state index in [9.17, 15) is 24.0 Å². The number of hydrogen-bond donors (Lipinski definition) is 5. The Morgan fingerprint density at radius 1 is 0.776 bits per heavy atom. The van der Waals surface area contributed by atoms with Crippen molar-refractivity contribution in [1.82, 2.24) is 36.0 Å². The number of nitrogens with one attached hydrogen (secondary N) is 5. The van der Waals surface area contributed by atoms with Gasteiger partial charge < -0.3 is 40.6 Å².